The van der Waals surface area contributed by atoms with E-state index < -0.39 is 0 Å². The number of hydrogen-bond donors (Lipinski definition) is 0. The van der Waals surface area contributed by atoms with Crippen molar-refractivity contribution in [3.63, 3.8) is 0 Å². The molecule has 2 unspecified atom stereocenters. The van der Waals surface area contributed by atoms with E-state index in [1.165, 1.54) is 0 Å². The summed E-state index contributed by atoms with van der Waals surface area (Å²) in [5.41, 5.74) is 3.11. The Morgan fingerprint density at radius 1 is 1.18 bits per heavy atom. The number of hydrogen-bond acceptors (Lipinski definition) is 2. The maximum atomic E-state index is 12.2. The highest BCUT2D eigenvalue weighted by Gasteiger charge is 2.29. The summed E-state index contributed by atoms with van der Waals surface area (Å²) in [5.74, 6) is -0.283. The van der Waals surface area contributed by atoms with Crippen LogP contribution in [0, 0.1) is 11.3 Å². The minimum Gasteiger partial charge on any atom is -0.458 e. The molecule has 120 valence electrons. The molecule has 0 spiro atoms. The van der Waals surface area contributed by atoms with Gasteiger partial charge in [0.15, 0.2) is 0 Å². The lowest BCUT2D eigenvalue weighted by molar-refractivity contribution is -0.156. The van der Waals surface area contributed by atoms with Gasteiger partial charge < -0.3 is 4.74 Å². The Morgan fingerprint density at radius 2 is 1.73 bits per heavy atom. The highest BCUT2D eigenvalue weighted by atomic mass is 16.5. The molecule has 0 aliphatic rings. The molecule has 2 atom stereocenters. The fourth-order valence-corrected chi connectivity index (χ4v) is 2.05. The molecule has 0 N–H and O–H groups in total. The van der Waals surface area contributed by atoms with Gasteiger partial charge in [0.1, 0.15) is 6.10 Å². The predicted molar refractivity (Wildman–Crippen MR) is 93.4 cm³/mol. The Morgan fingerprint density at radius 3 is 2.14 bits per heavy atom. The van der Waals surface area contributed by atoms with Crippen molar-refractivity contribution in [1.29, 1.82) is 0 Å². The fourth-order valence-electron chi connectivity index (χ4n) is 2.05. The van der Waals surface area contributed by atoms with E-state index in [0.29, 0.717) is 0 Å². The molecule has 22 heavy (non-hydrogen) atoms. The monoisotopic (exact) mass is 300 g/mol. The van der Waals surface area contributed by atoms with Crippen LogP contribution in [0.3, 0.4) is 0 Å². The van der Waals surface area contributed by atoms with Crippen molar-refractivity contribution < 1.29 is 9.53 Å². The number of benzene rings is 1. The Balaban J connectivity index is 2.81. The van der Waals surface area contributed by atoms with Gasteiger partial charge in [0.05, 0.1) is 5.92 Å². The number of esters is 1. The van der Waals surface area contributed by atoms with E-state index in [1.807, 2.05) is 78.0 Å². The lowest BCUT2D eigenvalue weighted by Crippen LogP contribution is -2.28. The average molecular weight is 300 g/mol. The third kappa shape index (κ3) is 4.59. The zero-order chi connectivity index (χ0) is 16.9. The highest BCUT2D eigenvalue weighted by Crippen LogP contribution is 2.29. The molecule has 0 fully saturated rings. The molecule has 2 nitrogen and oxygen atoms in total. The van der Waals surface area contributed by atoms with Crippen molar-refractivity contribution in [2.24, 2.45) is 11.3 Å². The quantitative estimate of drug-likeness (QED) is 0.525. The molecule has 0 saturated heterocycles. The lowest BCUT2D eigenvalue weighted by Gasteiger charge is -2.27. The lowest BCUT2D eigenvalue weighted by atomic mass is 9.82. The zero-order valence-electron chi connectivity index (χ0n) is 14.6. The van der Waals surface area contributed by atoms with Gasteiger partial charge in [-0.25, -0.2) is 0 Å². The smallest absolute Gasteiger partial charge is 0.309 e. The molecular weight excluding hydrogens is 272 g/mol. The van der Waals surface area contributed by atoms with Crippen LogP contribution < -0.4 is 0 Å². The number of ether oxygens (including phenoxy) is 1. The largest absolute Gasteiger partial charge is 0.458 e. The molecule has 1 aromatic carbocycles. The first-order valence-electron chi connectivity index (χ1n) is 7.80. The van der Waals surface area contributed by atoms with Crippen LogP contribution in [0.25, 0.3) is 5.57 Å². The first-order chi connectivity index (χ1) is 10.2. The summed E-state index contributed by atoms with van der Waals surface area (Å²) >= 11 is 0. The zero-order valence-corrected chi connectivity index (χ0v) is 14.6. The molecule has 2 heteroatoms. The molecule has 0 bridgehead atoms. The van der Waals surface area contributed by atoms with Crippen molar-refractivity contribution in [2.45, 2.75) is 47.6 Å². The molecule has 0 radical (unpaired) electrons. The van der Waals surface area contributed by atoms with Crippen molar-refractivity contribution in [2.75, 3.05) is 0 Å². The van der Waals surface area contributed by atoms with E-state index >= 15 is 0 Å². The maximum Gasteiger partial charge on any atom is 0.309 e. The summed E-state index contributed by atoms with van der Waals surface area (Å²) in [6.07, 6.45) is 3.61. The summed E-state index contributed by atoms with van der Waals surface area (Å²) in [4.78, 5) is 12.2. The summed E-state index contributed by atoms with van der Waals surface area (Å²) in [6, 6.07) is 8.07. The Bertz CT molecular complexity index is 544. The average Bonchev–Trinajstić information content (AvgIpc) is 2.47. The minimum absolute atomic E-state index is 0.0918. The number of allylic oxidation sites excluding steroid dienone is 3. The van der Waals surface area contributed by atoms with E-state index in [4.69, 9.17) is 4.74 Å². The van der Waals surface area contributed by atoms with E-state index in [2.05, 4.69) is 6.58 Å². The second-order valence-corrected chi connectivity index (χ2v) is 6.74. The van der Waals surface area contributed by atoms with Crippen molar-refractivity contribution in [1.82, 2.24) is 0 Å². The van der Waals surface area contributed by atoms with E-state index in [-0.39, 0.29) is 23.4 Å². The van der Waals surface area contributed by atoms with Gasteiger partial charge in [-0.15, -0.1) is 0 Å². The Labute approximate surface area is 134 Å². The van der Waals surface area contributed by atoms with Gasteiger partial charge in [-0.3, -0.25) is 4.79 Å². The highest BCUT2D eigenvalue weighted by molar-refractivity contribution is 5.74. The van der Waals surface area contributed by atoms with E-state index in [0.717, 1.165) is 16.7 Å². The molecule has 1 rings (SSSR count). The summed E-state index contributed by atoms with van der Waals surface area (Å²) < 4.78 is 5.60. The summed E-state index contributed by atoms with van der Waals surface area (Å²) in [6.45, 7) is 15.8. The van der Waals surface area contributed by atoms with Crippen LogP contribution in [-0.4, -0.2) is 5.97 Å². The number of carbonyl (C=O) groups excluding carboxylic acids is 1. The van der Waals surface area contributed by atoms with Gasteiger partial charge in [-0.2, -0.15) is 0 Å². The third-order valence-corrected chi connectivity index (χ3v) is 4.19. The second kappa shape index (κ2) is 7.44. The van der Waals surface area contributed by atoms with Crippen LogP contribution in [0.15, 0.2) is 43.0 Å². The Hall–Kier alpha value is -1.83. The SMILES string of the molecule is C=C/C(=C\C)c1ccc(C(C)OC(=O)C(C)C(C)(C)C)cc1. The van der Waals surface area contributed by atoms with Crippen LogP contribution in [0.5, 0.6) is 0 Å². The molecular formula is C20H28O2. The van der Waals surface area contributed by atoms with Gasteiger partial charge in [0.25, 0.3) is 0 Å². The van der Waals surface area contributed by atoms with Gasteiger partial charge in [-0.05, 0) is 36.0 Å². The van der Waals surface area contributed by atoms with E-state index in [9.17, 15) is 4.79 Å². The first kappa shape index (κ1) is 18.2. The molecule has 1 aromatic rings. The van der Waals surface area contributed by atoms with Crippen LogP contribution >= 0.6 is 0 Å². The van der Waals surface area contributed by atoms with Crippen LogP contribution in [-0.2, 0) is 9.53 Å². The third-order valence-electron chi connectivity index (χ3n) is 4.19. The molecule has 0 aliphatic carbocycles. The summed E-state index contributed by atoms with van der Waals surface area (Å²) in [7, 11) is 0. The second-order valence-electron chi connectivity index (χ2n) is 6.74. The van der Waals surface area contributed by atoms with Crippen LogP contribution in [0.2, 0.25) is 0 Å². The maximum absolute atomic E-state index is 12.2. The standard InChI is InChI=1S/C20H28O2/c1-8-16(9-2)18-12-10-17(11-13-18)15(4)22-19(21)14(3)20(5,6)7/h8-15H,1H2,2-7H3/b16-9+. The molecule has 0 saturated carbocycles. The van der Waals surface area contributed by atoms with Gasteiger partial charge >= 0.3 is 5.97 Å². The van der Waals surface area contributed by atoms with Crippen LogP contribution in [0.4, 0.5) is 0 Å². The molecule has 0 aromatic heterocycles. The Kier molecular flexibility index (Phi) is 6.16. The van der Waals surface area contributed by atoms with Gasteiger partial charge in [-0.1, -0.05) is 70.7 Å². The van der Waals surface area contributed by atoms with Gasteiger partial charge in [0, 0.05) is 0 Å². The van der Waals surface area contributed by atoms with Crippen molar-refractivity contribution in [3.05, 3.63) is 54.1 Å². The summed E-state index contributed by atoms with van der Waals surface area (Å²) in [5, 5.41) is 0. The van der Waals surface area contributed by atoms with Crippen molar-refractivity contribution in [3.8, 4) is 0 Å². The molecule has 0 aliphatic heterocycles. The van der Waals surface area contributed by atoms with E-state index in [1.54, 1.807) is 0 Å². The predicted octanol–water partition coefficient (Wildman–Crippen LogP) is 5.56. The number of carbonyl (C=O) groups is 1. The topological polar surface area (TPSA) is 26.3 Å². The van der Waals surface area contributed by atoms with Crippen LogP contribution in [0.1, 0.15) is 58.8 Å². The fraction of sp³-hybridized carbons (Fsp3) is 0.450. The molecule has 0 heterocycles. The molecule has 0 amide bonds. The first-order valence-corrected chi connectivity index (χ1v) is 7.80. The number of rotatable bonds is 5. The van der Waals surface area contributed by atoms with Crippen molar-refractivity contribution >= 4 is 11.5 Å². The van der Waals surface area contributed by atoms with Gasteiger partial charge in [0.2, 0.25) is 0 Å². The normalized spacial score (nSPS) is 15.1. The minimum atomic E-state index is -0.246.